The van der Waals surface area contributed by atoms with Crippen LogP contribution in [0.25, 0.3) is 0 Å². The van der Waals surface area contributed by atoms with E-state index in [0.29, 0.717) is 6.10 Å². The molecule has 0 amide bonds. The number of nitrogens with zero attached hydrogens (tertiary/aromatic N) is 2. The standard InChI is InChI=1S/C20H26N2O/c1-21-14-15-23-20(17-21)12-13-22(19-10-6-3-7-11-19)16-18-8-4-2-5-9-18/h2-11,20H,12-17H2,1H3. The highest BCUT2D eigenvalue weighted by Gasteiger charge is 2.19. The summed E-state index contributed by atoms with van der Waals surface area (Å²) < 4.78 is 5.92. The van der Waals surface area contributed by atoms with Gasteiger partial charge in [0.2, 0.25) is 0 Å². The molecule has 1 aliphatic heterocycles. The Hall–Kier alpha value is -1.84. The molecule has 1 unspecified atom stereocenters. The molecule has 0 radical (unpaired) electrons. The van der Waals surface area contributed by atoms with Gasteiger partial charge < -0.3 is 14.5 Å². The van der Waals surface area contributed by atoms with Gasteiger partial charge in [-0.1, -0.05) is 48.5 Å². The number of likely N-dealkylation sites (N-methyl/N-ethyl adjacent to an activating group) is 1. The molecule has 0 aromatic heterocycles. The average Bonchev–Trinajstić information content (AvgIpc) is 2.60. The topological polar surface area (TPSA) is 15.7 Å². The number of para-hydroxylation sites is 1. The first-order chi connectivity index (χ1) is 11.3. The molecule has 23 heavy (non-hydrogen) atoms. The zero-order chi connectivity index (χ0) is 15.9. The van der Waals surface area contributed by atoms with Crippen molar-refractivity contribution in [2.45, 2.75) is 19.1 Å². The van der Waals surface area contributed by atoms with Crippen LogP contribution < -0.4 is 4.90 Å². The number of morpholine rings is 1. The van der Waals surface area contributed by atoms with Crippen molar-refractivity contribution in [2.24, 2.45) is 0 Å². The van der Waals surface area contributed by atoms with Gasteiger partial charge in [-0.25, -0.2) is 0 Å². The molecule has 0 saturated carbocycles. The van der Waals surface area contributed by atoms with Crippen molar-refractivity contribution in [2.75, 3.05) is 38.2 Å². The van der Waals surface area contributed by atoms with Gasteiger partial charge in [-0.3, -0.25) is 0 Å². The van der Waals surface area contributed by atoms with Crippen molar-refractivity contribution in [1.82, 2.24) is 4.90 Å². The molecule has 1 atom stereocenters. The fourth-order valence-corrected chi connectivity index (χ4v) is 3.08. The molecule has 1 aliphatic rings. The lowest BCUT2D eigenvalue weighted by atomic mass is 10.1. The predicted molar refractivity (Wildman–Crippen MR) is 95.8 cm³/mol. The van der Waals surface area contributed by atoms with E-state index >= 15 is 0 Å². The van der Waals surface area contributed by atoms with Crippen LogP contribution in [-0.2, 0) is 11.3 Å². The van der Waals surface area contributed by atoms with Crippen molar-refractivity contribution >= 4 is 5.69 Å². The molecule has 2 aromatic rings. The third-order valence-corrected chi connectivity index (χ3v) is 4.40. The molecule has 0 N–H and O–H groups in total. The maximum Gasteiger partial charge on any atom is 0.0719 e. The summed E-state index contributed by atoms with van der Waals surface area (Å²) in [6, 6.07) is 21.4. The lowest BCUT2D eigenvalue weighted by Crippen LogP contribution is -2.41. The SMILES string of the molecule is CN1CCOC(CCN(Cc2ccccc2)c2ccccc2)C1. The van der Waals surface area contributed by atoms with E-state index in [2.05, 4.69) is 77.5 Å². The molecule has 1 fully saturated rings. The van der Waals surface area contributed by atoms with Crippen molar-refractivity contribution in [1.29, 1.82) is 0 Å². The molecular weight excluding hydrogens is 284 g/mol. The van der Waals surface area contributed by atoms with Crippen LogP contribution in [-0.4, -0.2) is 44.3 Å². The summed E-state index contributed by atoms with van der Waals surface area (Å²) in [6.45, 7) is 4.88. The van der Waals surface area contributed by atoms with Gasteiger partial charge in [0.25, 0.3) is 0 Å². The van der Waals surface area contributed by atoms with Gasteiger partial charge in [0, 0.05) is 31.9 Å². The summed E-state index contributed by atoms with van der Waals surface area (Å²) in [5, 5.41) is 0. The number of ether oxygens (including phenoxy) is 1. The first-order valence-corrected chi connectivity index (χ1v) is 8.45. The van der Waals surface area contributed by atoms with Crippen molar-refractivity contribution in [3.8, 4) is 0 Å². The normalized spacial score (nSPS) is 18.7. The largest absolute Gasteiger partial charge is 0.375 e. The Kier molecular flexibility index (Phi) is 5.67. The van der Waals surface area contributed by atoms with E-state index < -0.39 is 0 Å². The Morgan fingerprint density at radius 3 is 2.43 bits per heavy atom. The minimum absolute atomic E-state index is 0.343. The maximum absolute atomic E-state index is 5.92. The van der Waals surface area contributed by atoms with Crippen LogP contribution in [0.15, 0.2) is 60.7 Å². The molecule has 122 valence electrons. The van der Waals surface area contributed by atoms with Gasteiger partial charge in [0.1, 0.15) is 0 Å². The quantitative estimate of drug-likeness (QED) is 0.813. The Morgan fingerprint density at radius 2 is 1.74 bits per heavy atom. The van der Waals surface area contributed by atoms with Crippen LogP contribution in [0.2, 0.25) is 0 Å². The lowest BCUT2D eigenvalue weighted by Gasteiger charge is -2.32. The van der Waals surface area contributed by atoms with E-state index in [0.717, 1.165) is 39.2 Å². The molecule has 1 heterocycles. The highest BCUT2D eigenvalue weighted by Crippen LogP contribution is 2.18. The molecule has 0 aliphatic carbocycles. The first-order valence-electron chi connectivity index (χ1n) is 8.45. The Bertz CT molecular complexity index is 573. The number of anilines is 1. The zero-order valence-electron chi connectivity index (χ0n) is 13.9. The minimum atomic E-state index is 0.343. The minimum Gasteiger partial charge on any atom is -0.375 e. The summed E-state index contributed by atoms with van der Waals surface area (Å²) >= 11 is 0. The van der Waals surface area contributed by atoms with Crippen LogP contribution in [0.1, 0.15) is 12.0 Å². The van der Waals surface area contributed by atoms with Crippen molar-refractivity contribution in [3.63, 3.8) is 0 Å². The summed E-state index contributed by atoms with van der Waals surface area (Å²) in [7, 11) is 2.18. The number of rotatable bonds is 6. The highest BCUT2D eigenvalue weighted by molar-refractivity contribution is 5.46. The molecule has 0 spiro atoms. The van der Waals surface area contributed by atoms with E-state index in [-0.39, 0.29) is 0 Å². The summed E-state index contributed by atoms with van der Waals surface area (Å²) in [5.74, 6) is 0. The average molecular weight is 310 g/mol. The predicted octanol–water partition coefficient (Wildman–Crippen LogP) is 3.41. The molecule has 3 heteroatoms. The molecule has 3 rings (SSSR count). The van der Waals surface area contributed by atoms with Gasteiger partial charge >= 0.3 is 0 Å². The third kappa shape index (κ3) is 4.81. The monoisotopic (exact) mass is 310 g/mol. The van der Waals surface area contributed by atoms with Crippen LogP contribution >= 0.6 is 0 Å². The second kappa shape index (κ2) is 8.14. The van der Waals surface area contributed by atoms with Gasteiger partial charge in [0.05, 0.1) is 12.7 Å². The number of hydrogen-bond acceptors (Lipinski definition) is 3. The molecule has 3 nitrogen and oxygen atoms in total. The highest BCUT2D eigenvalue weighted by atomic mass is 16.5. The van der Waals surface area contributed by atoms with E-state index in [1.54, 1.807) is 0 Å². The van der Waals surface area contributed by atoms with Crippen LogP contribution in [0, 0.1) is 0 Å². The Labute approximate surface area is 139 Å². The van der Waals surface area contributed by atoms with Crippen LogP contribution in [0.3, 0.4) is 0 Å². The van der Waals surface area contributed by atoms with Gasteiger partial charge in [-0.05, 0) is 31.2 Å². The van der Waals surface area contributed by atoms with Crippen molar-refractivity contribution in [3.05, 3.63) is 66.2 Å². The van der Waals surface area contributed by atoms with E-state index in [1.165, 1.54) is 11.3 Å². The van der Waals surface area contributed by atoms with Crippen LogP contribution in [0.4, 0.5) is 5.69 Å². The van der Waals surface area contributed by atoms with Gasteiger partial charge in [0.15, 0.2) is 0 Å². The first kappa shape index (κ1) is 16.0. The zero-order valence-corrected chi connectivity index (χ0v) is 13.9. The second-order valence-electron chi connectivity index (χ2n) is 6.29. The summed E-state index contributed by atoms with van der Waals surface area (Å²) in [5.41, 5.74) is 2.62. The van der Waals surface area contributed by atoms with Gasteiger partial charge in [-0.15, -0.1) is 0 Å². The Balaban J connectivity index is 1.65. The second-order valence-corrected chi connectivity index (χ2v) is 6.29. The smallest absolute Gasteiger partial charge is 0.0719 e. The molecule has 1 saturated heterocycles. The molecule has 0 bridgehead atoms. The molecule has 2 aromatic carbocycles. The lowest BCUT2D eigenvalue weighted by molar-refractivity contribution is -0.0220. The van der Waals surface area contributed by atoms with E-state index in [9.17, 15) is 0 Å². The van der Waals surface area contributed by atoms with Crippen molar-refractivity contribution < 1.29 is 4.74 Å². The maximum atomic E-state index is 5.92. The fraction of sp³-hybridized carbons (Fsp3) is 0.400. The van der Waals surface area contributed by atoms with Gasteiger partial charge in [-0.2, -0.15) is 0 Å². The van der Waals surface area contributed by atoms with E-state index in [4.69, 9.17) is 4.74 Å². The fourth-order valence-electron chi connectivity index (χ4n) is 3.08. The van der Waals surface area contributed by atoms with Crippen LogP contribution in [0.5, 0.6) is 0 Å². The molecular formula is C20H26N2O. The number of hydrogen-bond donors (Lipinski definition) is 0. The summed E-state index contributed by atoms with van der Waals surface area (Å²) in [6.07, 6.45) is 1.40. The summed E-state index contributed by atoms with van der Waals surface area (Å²) in [4.78, 5) is 4.81. The van der Waals surface area contributed by atoms with E-state index in [1.807, 2.05) is 0 Å². The number of benzene rings is 2. The third-order valence-electron chi connectivity index (χ3n) is 4.40. The Morgan fingerprint density at radius 1 is 1.04 bits per heavy atom.